The van der Waals surface area contributed by atoms with Crippen LogP contribution in [0.3, 0.4) is 0 Å². The lowest BCUT2D eigenvalue weighted by Gasteiger charge is -2.22. The fourth-order valence-corrected chi connectivity index (χ4v) is 5.08. The number of nitriles is 1. The van der Waals surface area contributed by atoms with Gasteiger partial charge in [-0.25, -0.2) is 0 Å². The lowest BCUT2D eigenvalue weighted by Crippen LogP contribution is -2.46. The number of anilines is 1. The van der Waals surface area contributed by atoms with Crippen molar-refractivity contribution < 1.29 is 32.3 Å². The minimum atomic E-state index is -4.45. The molecule has 1 fully saturated rings. The van der Waals surface area contributed by atoms with Crippen LogP contribution in [-0.2, 0) is 15.8 Å². The van der Waals surface area contributed by atoms with Crippen LogP contribution in [0.4, 0.5) is 18.9 Å². The van der Waals surface area contributed by atoms with Gasteiger partial charge < -0.3 is 25.3 Å². The predicted molar refractivity (Wildman–Crippen MR) is 156 cm³/mol. The summed E-state index contributed by atoms with van der Waals surface area (Å²) in [4.78, 5) is 43.5. The second-order valence-electron chi connectivity index (χ2n) is 10.5. The Morgan fingerprint density at radius 1 is 0.932 bits per heavy atom. The number of H-pyrrole nitrogens is 1. The van der Waals surface area contributed by atoms with Crippen molar-refractivity contribution in [2.24, 2.45) is 0 Å². The summed E-state index contributed by atoms with van der Waals surface area (Å²) in [6.07, 6.45) is -0.703. The Hall–Kier alpha value is -5.31. The maximum Gasteiger partial charge on any atom is 0.416 e. The summed E-state index contributed by atoms with van der Waals surface area (Å²) >= 11 is 0. The molecular weight excluding hydrogens is 575 g/mol. The van der Waals surface area contributed by atoms with Gasteiger partial charge in [-0.2, -0.15) is 18.4 Å². The van der Waals surface area contributed by atoms with Crippen LogP contribution < -0.4 is 15.4 Å². The summed E-state index contributed by atoms with van der Waals surface area (Å²) in [5, 5.41) is 15.7. The zero-order chi connectivity index (χ0) is 31.3. The van der Waals surface area contributed by atoms with E-state index in [1.54, 1.807) is 24.3 Å². The van der Waals surface area contributed by atoms with Crippen molar-refractivity contribution in [3.63, 3.8) is 0 Å². The zero-order valence-electron chi connectivity index (χ0n) is 23.4. The molecule has 0 spiro atoms. The molecule has 44 heavy (non-hydrogen) atoms. The zero-order valence-corrected chi connectivity index (χ0v) is 23.4. The third kappa shape index (κ3) is 7.36. The molecule has 1 heterocycles. The Kier molecular flexibility index (Phi) is 8.85. The van der Waals surface area contributed by atoms with E-state index >= 15 is 0 Å². The number of aromatic nitrogens is 1. The first-order valence-electron chi connectivity index (χ1n) is 13.9. The van der Waals surface area contributed by atoms with Gasteiger partial charge in [0.25, 0.3) is 5.91 Å². The minimum absolute atomic E-state index is 0.0304. The van der Waals surface area contributed by atoms with Crippen LogP contribution >= 0.6 is 0 Å². The van der Waals surface area contributed by atoms with Crippen LogP contribution in [0.1, 0.15) is 47.3 Å². The van der Waals surface area contributed by atoms with E-state index in [2.05, 4.69) is 21.7 Å². The van der Waals surface area contributed by atoms with Crippen LogP contribution in [0.2, 0.25) is 0 Å². The third-order valence-corrected chi connectivity index (χ3v) is 7.24. The molecule has 0 unspecified atom stereocenters. The second kappa shape index (κ2) is 12.9. The van der Waals surface area contributed by atoms with Crippen molar-refractivity contribution in [3.05, 3.63) is 89.6 Å². The lowest BCUT2D eigenvalue weighted by molar-refractivity contribution is -0.137. The molecule has 3 amide bonds. The summed E-state index contributed by atoms with van der Waals surface area (Å²) in [5.41, 5.74) is 0.561. The molecule has 1 saturated carbocycles. The molecule has 1 aromatic heterocycles. The second-order valence-corrected chi connectivity index (χ2v) is 10.5. The highest BCUT2D eigenvalue weighted by Crippen LogP contribution is 2.31. The van der Waals surface area contributed by atoms with Crippen molar-refractivity contribution in [3.8, 4) is 17.6 Å². The number of amides is 3. The van der Waals surface area contributed by atoms with Crippen molar-refractivity contribution in [2.75, 3.05) is 18.4 Å². The molecule has 12 heteroatoms. The number of aromatic amines is 1. The first-order chi connectivity index (χ1) is 21.1. The van der Waals surface area contributed by atoms with E-state index in [1.807, 2.05) is 0 Å². The molecule has 1 aliphatic carbocycles. The van der Waals surface area contributed by atoms with Crippen molar-refractivity contribution >= 4 is 34.3 Å². The van der Waals surface area contributed by atoms with Gasteiger partial charge in [0.05, 0.1) is 16.6 Å². The van der Waals surface area contributed by atoms with Gasteiger partial charge in [0, 0.05) is 17.1 Å². The molecule has 0 atom stereocenters. The van der Waals surface area contributed by atoms with E-state index in [0.717, 1.165) is 42.7 Å². The van der Waals surface area contributed by atoms with Gasteiger partial charge in [-0.1, -0.05) is 25.0 Å². The fourth-order valence-electron chi connectivity index (χ4n) is 5.08. The number of hydrogen-bond acceptors (Lipinski definition) is 5. The van der Waals surface area contributed by atoms with Crippen LogP contribution in [-0.4, -0.2) is 46.7 Å². The molecule has 0 radical (unpaired) electrons. The molecule has 1 aliphatic rings. The highest BCUT2D eigenvalue weighted by Gasteiger charge is 2.30. The Morgan fingerprint density at radius 3 is 2.20 bits per heavy atom. The molecule has 0 saturated heterocycles. The monoisotopic (exact) mass is 603 g/mol. The number of halogens is 3. The standard InChI is InChI=1S/C32H28F3N5O4/c33-32(34,35)22-8-12-25(13-9-22)44-26-14-10-24(11-15-26)38-29(42)19-40(18-28(41)37-23-6-1-2-7-23)31(43)27-16-20-4-3-5-21(17-36)30(20)39-27/h3-5,8-16,23,39H,1-2,6-7,18-19H2,(H,37,41)(H,38,42). The molecular formula is C32H28F3N5O4. The molecule has 9 nitrogen and oxygen atoms in total. The summed E-state index contributed by atoms with van der Waals surface area (Å²) in [5.74, 6) is -0.978. The number of nitrogens with one attached hydrogen (secondary N) is 3. The quantitative estimate of drug-likeness (QED) is 0.217. The number of benzene rings is 3. The molecule has 5 rings (SSSR count). The summed E-state index contributed by atoms with van der Waals surface area (Å²) in [6, 6.07) is 19.1. The third-order valence-electron chi connectivity index (χ3n) is 7.24. The van der Waals surface area contributed by atoms with E-state index < -0.39 is 30.1 Å². The largest absolute Gasteiger partial charge is 0.457 e. The molecule has 226 valence electrons. The van der Waals surface area contributed by atoms with Crippen LogP contribution in [0, 0.1) is 11.3 Å². The van der Waals surface area contributed by atoms with Gasteiger partial charge >= 0.3 is 6.18 Å². The lowest BCUT2D eigenvalue weighted by atomic mass is 10.1. The predicted octanol–water partition coefficient (Wildman–Crippen LogP) is 5.99. The van der Waals surface area contributed by atoms with E-state index in [-0.39, 0.29) is 29.9 Å². The van der Waals surface area contributed by atoms with E-state index in [9.17, 15) is 32.8 Å². The van der Waals surface area contributed by atoms with Crippen molar-refractivity contribution in [1.82, 2.24) is 15.2 Å². The Morgan fingerprint density at radius 2 is 1.57 bits per heavy atom. The van der Waals surface area contributed by atoms with Gasteiger partial charge in [-0.15, -0.1) is 0 Å². The van der Waals surface area contributed by atoms with E-state index in [4.69, 9.17) is 4.74 Å². The molecule has 0 bridgehead atoms. The fraction of sp³-hybridized carbons (Fsp3) is 0.250. The average molecular weight is 604 g/mol. The molecule has 0 aliphatic heterocycles. The Balaban J connectivity index is 1.26. The Labute approximate surface area is 250 Å². The van der Waals surface area contributed by atoms with Gasteiger partial charge in [0.15, 0.2) is 0 Å². The highest BCUT2D eigenvalue weighted by atomic mass is 19.4. The number of nitrogens with zero attached hydrogens (tertiary/aromatic N) is 2. The number of alkyl halides is 3. The maximum atomic E-state index is 13.5. The molecule has 3 aromatic carbocycles. The number of carbonyl (C=O) groups is 3. The van der Waals surface area contributed by atoms with Crippen molar-refractivity contribution in [2.45, 2.75) is 37.9 Å². The van der Waals surface area contributed by atoms with Crippen LogP contribution in [0.5, 0.6) is 11.5 Å². The number of rotatable bonds is 9. The molecule has 3 N–H and O–H groups in total. The number of ether oxygens (including phenoxy) is 1. The van der Waals surface area contributed by atoms with Crippen LogP contribution in [0.15, 0.2) is 72.8 Å². The topological polar surface area (TPSA) is 127 Å². The van der Waals surface area contributed by atoms with Gasteiger partial charge in [0.2, 0.25) is 11.8 Å². The first kappa shape index (κ1) is 30.2. The van der Waals surface area contributed by atoms with Gasteiger partial charge in [0.1, 0.15) is 36.4 Å². The number of fused-ring (bicyclic) bond motifs is 1. The first-order valence-corrected chi connectivity index (χ1v) is 13.9. The molecule has 4 aromatic rings. The van der Waals surface area contributed by atoms with E-state index in [0.29, 0.717) is 27.9 Å². The minimum Gasteiger partial charge on any atom is -0.457 e. The number of para-hydroxylation sites is 1. The SMILES string of the molecule is N#Cc1cccc2cc(C(=O)N(CC(=O)Nc3ccc(Oc4ccc(C(F)(F)F)cc4)cc3)CC(=O)NC3CCCC3)[nH]c12. The van der Waals surface area contributed by atoms with Crippen LogP contribution in [0.25, 0.3) is 10.9 Å². The Bertz CT molecular complexity index is 1700. The number of hydrogen-bond donors (Lipinski definition) is 3. The van der Waals surface area contributed by atoms with E-state index in [1.165, 1.54) is 36.4 Å². The van der Waals surface area contributed by atoms with Gasteiger partial charge in [-0.05, 0) is 73.5 Å². The summed E-state index contributed by atoms with van der Waals surface area (Å²) in [7, 11) is 0. The number of carbonyl (C=O) groups excluding carboxylic acids is 3. The normalized spacial score (nSPS) is 13.3. The average Bonchev–Trinajstić information content (AvgIpc) is 3.67. The maximum absolute atomic E-state index is 13.5. The van der Waals surface area contributed by atoms with Crippen molar-refractivity contribution in [1.29, 1.82) is 5.26 Å². The van der Waals surface area contributed by atoms with Gasteiger partial charge in [-0.3, -0.25) is 14.4 Å². The smallest absolute Gasteiger partial charge is 0.416 e. The highest BCUT2D eigenvalue weighted by molar-refractivity contribution is 6.03. The summed E-state index contributed by atoms with van der Waals surface area (Å²) in [6.45, 7) is -0.773. The summed E-state index contributed by atoms with van der Waals surface area (Å²) < 4.78 is 44.0.